The number of nitrogens with zero attached hydrogens (tertiary/aromatic N) is 1. The number of hydrogen-bond acceptors (Lipinski definition) is 2. The van der Waals surface area contributed by atoms with Gasteiger partial charge >= 0.3 is 0 Å². The molecule has 1 aromatic heterocycles. The molecule has 0 radical (unpaired) electrons. The van der Waals surface area contributed by atoms with Crippen molar-refractivity contribution < 1.29 is 18.3 Å². The molecule has 0 amide bonds. The molecule has 14 heavy (non-hydrogen) atoms. The zero-order valence-corrected chi connectivity index (χ0v) is 8.56. The van der Waals surface area contributed by atoms with Crippen molar-refractivity contribution in [2.24, 2.45) is 0 Å². The van der Waals surface area contributed by atoms with E-state index in [2.05, 4.69) is 20.9 Å². The molecule has 0 bridgehead atoms. The van der Waals surface area contributed by atoms with E-state index in [4.69, 9.17) is 5.11 Å². The van der Waals surface area contributed by atoms with Gasteiger partial charge in [0.2, 0.25) is 5.95 Å². The van der Waals surface area contributed by atoms with Gasteiger partial charge in [0.1, 0.15) is 5.69 Å². The molecule has 0 aromatic carbocycles. The van der Waals surface area contributed by atoms with Crippen LogP contribution in [0.15, 0.2) is 6.07 Å². The first-order chi connectivity index (χ1) is 6.60. The van der Waals surface area contributed by atoms with Crippen molar-refractivity contribution in [3.8, 4) is 0 Å². The van der Waals surface area contributed by atoms with Crippen molar-refractivity contribution in [1.82, 2.24) is 4.98 Å². The Bertz CT molecular complexity index is 333. The van der Waals surface area contributed by atoms with Crippen LogP contribution in [-0.2, 0) is 11.9 Å². The van der Waals surface area contributed by atoms with Gasteiger partial charge in [-0.2, -0.15) is 4.39 Å². The number of rotatable bonds is 3. The van der Waals surface area contributed by atoms with Gasteiger partial charge in [0.05, 0.1) is 6.61 Å². The lowest BCUT2D eigenvalue weighted by molar-refractivity contribution is 0.143. The van der Waals surface area contributed by atoms with Crippen molar-refractivity contribution >= 4 is 15.9 Å². The first-order valence-electron chi connectivity index (χ1n) is 3.73. The summed E-state index contributed by atoms with van der Waals surface area (Å²) in [4.78, 5) is 3.09. The molecular weight excluding hydrogens is 263 g/mol. The Morgan fingerprint density at radius 3 is 2.57 bits per heavy atom. The molecular formula is C8H7BrF3NO. The summed E-state index contributed by atoms with van der Waals surface area (Å²) in [6.45, 7) is -0.486. The highest BCUT2D eigenvalue weighted by atomic mass is 79.9. The van der Waals surface area contributed by atoms with Crippen molar-refractivity contribution in [3.63, 3.8) is 0 Å². The molecule has 6 heteroatoms. The summed E-state index contributed by atoms with van der Waals surface area (Å²) in [5.41, 5.74) is -0.348. The Labute approximate surface area is 86.9 Å². The normalized spacial score (nSPS) is 11.0. The second kappa shape index (κ2) is 4.75. The molecule has 0 aliphatic rings. The van der Waals surface area contributed by atoms with Crippen molar-refractivity contribution in [1.29, 1.82) is 0 Å². The number of aromatic nitrogens is 1. The summed E-state index contributed by atoms with van der Waals surface area (Å²) in [6.07, 6.45) is -2.84. The minimum absolute atomic E-state index is 0.107. The van der Waals surface area contributed by atoms with Crippen molar-refractivity contribution in [3.05, 3.63) is 28.8 Å². The zero-order valence-electron chi connectivity index (χ0n) is 6.98. The average Bonchev–Trinajstić information content (AvgIpc) is 2.16. The number of aliphatic hydroxyl groups is 1. The van der Waals surface area contributed by atoms with Gasteiger partial charge in [-0.05, 0) is 17.2 Å². The Morgan fingerprint density at radius 2 is 2.14 bits per heavy atom. The Kier molecular flexibility index (Phi) is 3.88. The van der Waals surface area contributed by atoms with Gasteiger partial charge in [0.15, 0.2) is 0 Å². The van der Waals surface area contributed by atoms with Crippen LogP contribution in [0.5, 0.6) is 0 Å². The number of alkyl halides is 3. The van der Waals surface area contributed by atoms with Crippen molar-refractivity contribution in [2.45, 2.75) is 18.4 Å². The van der Waals surface area contributed by atoms with Crippen LogP contribution in [0.2, 0.25) is 0 Å². The molecule has 1 aromatic rings. The molecule has 0 saturated carbocycles. The van der Waals surface area contributed by atoms with E-state index >= 15 is 0 Å². The van der Waals surface area contributed by atoms with E-state index < -0.39 is 24.7 Å². The highest BCUT2D eigenvalue weighted by Gasteiger charge is 2.18. The predicted octanol–water partition coefficient (Wildman–Crippen LogP) is 2.55. The van der Waals surface area contributed by atoms with Crippen LogP contribution in [0.3, 0.4) is 0 Å². The molecule has 2 nitrogen and oxygen atoms in total. The van der Waals surface area contributed by atoms with Gasteiger partial charge < -0.3 is 5.11 Å². The van der Waals surface area contributed by atoms with Gasteiger partial charge in [-0.25, -0.2) is 13.8 Å². The summed E-state index contributed by atoms with van der Waals surface area (Å²) in [5, 5.41) is 8.93. The molecule has 1 N–H and O–H groups in total. The van der Waals surface area contributed by atoms with E-state index in [0.29, 0.717) is 0 Å². The first-order valence-corrected chi connectivity index (χ1v) is 4.85. The SMILES string of the molecule is OCc1cc(F)nc(C(F)F)c1CBr. The van der Waals surface area contributed by atoms with Gasteiger partial charge in [-0.3, -0.25) is 0 Å². The van der Waals surface area contributed by atoms with Crippen molar-refractivity contribution in [2.75, 3.05) is 0 Å². The molecule has 0 spiro atoms. The maximum absolute atomic E-state index is 12.7. The first kappa shape index (κ1) is 11.5. The second-order valence-electron chi connectivity index (χ2n) is 2.56. The molecule has 1 rings (SSSR count). The Hall–Kier alpha value is -0.620. The summed E-state index contributed by atoms with van der Waals surface area (Å²) >= 11 is 2.99. The lowest BCUT2D eigenvalue weighted by Gasteiger charge is -2.09. The standard InChI is InChI=1S/C8H7BrF3NO/c9-2-5-4(3-14)1-6(10)13-7(5)8(11)12/h1,8,14H,2-3H2. The lowest BCUT2D eigenvalue weighted by Crippen LogP contribution is -2.04. The third-order valence-electron chi connectivity index (χ3n) is 1.73. The maximum Gasteiger partial charge on any atom is 0.280 e. The summed E-state index contributed by atoms with van der Waals surface area (Å²) < 4.78 is 37.5. The van der Waals surface area contributed by atoms with Gasteiger partial charge in [-0.1, -0.05) is 15.9 Å². The maximum atomic E-state index is 12.7. The highest BCUT2D eigenvalue weighted by Crippen LogP contribution is 2.26. The largest absolute Gasteiger partial charge is 0.392 e. The third-order valence-corrected chi connectivity index (χ3v) is 2.29. The molecule has 0 atom stereocenters. The van der Waals surface area contributed by atoms with Crippen LogP contribution >= 0.6 is 15.9 Å². The van der Waals surface area contributed by atoms with E-state index in [1.165, 1.54) is 0 Å². The highest BCUT2D eigenvalue weighted by molar-refractivity contribution is 9.08. The molecule has 0 aliphatic carbocycles. The van der Waals surface area contributed by atoms with Gasteiger partial charge in [-0.15, -0.1) is 0 Å². The van der Waals surface area contributed by atoms with Gasteiger partial charge in [0.25, 0.3) is 6.43 Å². The lowest BCUT2D eigenvalue weighted by atomic mass is 10.1. The van der Waals surface area contributed by atoms with E-state index in [1.807, 2.05) is 0 Å². The number of halogens is 4. The van der Waals surface area contributed by atoms with Crippen LogP contribution in [0, 0.1) is 5.95 Å². The van der Waals surface area contributed by atoms with Gasteiger partial charge in [0, 0.05) is 5.33 Å². The van der Waals surface area contributed by atoms with Crippen LogP contribution in [0.4, 0.5) is 13.2 Å². The smallest absolute Gasteiger partial charge is 0.280 e. The molecule has 78 valence electrons. The fourth-order valence-corrected chi connectivity index (χ4v) is 1.73. The molecule has 0 saturated heterocycles. The second-order valence-corrected chi connectivity index (χ2v) is 3.12. The third kappa shape index (κ3) is 2.24. The Balaban J connectivity index is 3.31. The summed E-state index contributed by atoms with van der Waals surface area (Å²) in [5.74, 6) is -1.01. The minimum Gasteiger partial charge on any atom is -0.392 e. The number of aliphatic hydroxyl groups excluding tert-OH is 1. The van der Waals surface area contributed by atoms with Crippen LogP contribution in [-0.4, -0.2) is 10.1 Å². The Morgan fingerprint density at radius 1 is 1.50 bits per heavy atom. The monoisotopic (exact) mass is 269 g/mol. The van der Waals surface area contributed by atoms with E-state index in [1.54, 1.807) is 0 Å². The van der Waals surface area contributed by atoms with E-state index in [9.17, 15) is 13.2 Å². The number of pyridine rings is 1. The van der Waals surface area contributed by atoms with E-state index in [-0.39, 0.29) is 16.5 Å². The quantitative estimate of drug-likeness (QED) is 0.676. The van der Waals surface area contributed by atoms with E-state index in [0.717, 1.165) is 6.07 Å². The molecule has 1 heterocycles. The molecule has 0 unspecified atom stereocenters. The summed E-state index contributed by atoms with van der Waals surface area (Å²) in [7, 11) is 0. The fraction of sp³-hybridized carbons (Fsp3) is 0.375. The fourth-order valence-electron chi connectivity index (χ4n) is 1.09. The van der Waals surface area contributed by atoms with Crippen LogP contribution in [0.1, 0.15) is 23.2 Å². The number of hydrogen-bond donors (Lipinski definition) is 1. The van der Waals surface area contributed by atoms with Crippen LogP contribution < -0.4 is 0 Å². The minimum atomic E-state index is -2.84. The van der Waals surface area contributed by atoms with Crippen LogP contribution in [0.25, 0.3) is 0 Å². The average molecular weight is 270 g/mol. The summed E-state index contributed by atoms with van der Waals surface area (Å²) in [6, 6.07) is 0.947. The topological polar surface area (TPSA) is 33.1 Å². The zero-order chi connectivity index (χ0) is 10.7. The predicted molar refractivity (Wildman–Crippen MR) is 47.7 cm³/mol. The molecule has 0 fully saturated rings. The molecule has 0 aliphatic heterocycles.